The van der Waals surface area contributed by atoms with Crippen LogP contribution in [0.5, 0.6) is 0 Å². The first kappa shape index (κ1) is 14.2. The third-order valence-electron chi connectivity index (χ3n) is 2.54. The van der Waals surface area contributed by atoms with Crippen molar-refractivity contribution < 1.29 is 13.6 Å². The number of hydrogen-bond donors (Lipinski definition) is 3. The lowest BCUT2D eigenvalue weighted by Crippen LogP contribution is -2.57. The minimum absolute atomic E-state index is 0.0343. The van der Waals surface area contributed by atoms with Gasteiger partial charge in [0, 0.05) is 0 Å². The monoisotopic (exact) mass is 237 g/mol. The third kappa shape index (κ3) is 3.35. The quantitative estimate of drug-likeness (QED) is 0.266. The molecule has 0 aliphatic heterocycles. The van der Waals surface area contributed by atoms with Crippen LogP contribution in [0.3, 0.4) is 0 Å². The summed E-state index contributed by atoms with van der Waals surface area (Å²) >= 11 is 0. The lowest BCUT2D eigenvalue weighted by molar-refractivity contribution is 0.307. The van der Waals surface area contributed by atoms with Crippen molar-refractivity contribution in [1.82, 2.24) is 4.72 Å². The van der Waals surface area contributed by atoms with Crippen LogP contribution in [0.4, 0.5) is 0 Å². The Bertz CT molecular complexity index is 320. The number of oxime groups is 1. The maximum absolute atomic E-state index is 11.4. The Balaban J connectivity index is 5.14. The minimum atomic E-state index is -3.38. The summed E-state index contributed by atoms with van der Waals surface area (Å²) in [7, 11) is -3.38. The molecule has 15 heavy (non-hydrogen) atoms. The van der Waals surface area contributed by atoms with Crippen LogP contribution >= 0.6 is 0 Å². The van der Waals surface area contributed by atoms with Gasteiger partial charge in [-0.05, 0) is 19.8 Å². The summed E-state index contributed by atoms with van der Waals surface area (Å²) in [5, 5.41) is 11.5. The van der Waals surface area contributed by atoms with Crippen molar-refractivity contribution in [1.29, 1.82) is 0 Å². The van der Waals surface area contributed by atoms with E-state index < -0.39 is 15.6 Å². The van der Waals surface area contributed by atoms with Gasteiger partial charge >= 0.3 is 0 Å². The van der Waals surface area contributed by atoms with Crippen LogP contribution < -0.4 is 10.5 Å². The number of sulfonamides is 1. The predicted octanol–water partition coefficient (Wildman–Crippen LogP) is 0.231. The Labute approximate surface area is 90.6 Å². The first-order valence-corrected chi connectivity index (χ1v) is 6.52. The molecule has 0 saturated heterocycles. The van der Waals surface area contributed by atoms with Gasteiger partial charge < -0.3 is 10.9 Å². The maximum Gasteiger partial charge on any atom is 0.212 e. The maximum atomic E-state index is 11.4. The third-order valence-corrected chi connectivity index (χ3v) is 4.00. The van der Waals surface area contributed by atoms with Crippen LogP contribution in [0.15, 0.2) is 5.16 Å². The molecule has 0 aromatic heterocycles. The van der Waals surface area contributed by atoms with Crippen LogP contribution in [0.2, 0.25) is 0 Å². The predicted molar refractivity (Wildman–Crippen MR) is 59.3 cm³/mol. The van der Waals surface area contributed by atoms with Gasteiger partial charge in [0.1, 0.15) is 0 Å². The number of nitrogens with zero attached hydrogens (tertiary/aromatic N) is 1. The van der Waals surface area contributed by atoms with E-state index in [-0.39, 0.29) is 11.6 Å². The lowest BCUT2D eigenvalue weighted by atomic mass is 9.93. The zero-order chi connectivity index (χ0) is 12.1. The van der Waals surface area contributed by atoms with Gasteiger partial charge in [0.2, 0.25) is 10.0 Å². The number of nitrogens with two attached hydrogens (primary N) is 1. The minimum Gasteiger partial charge on any atom is -0.409 e. The molecule has 0 aliphatic carbocycles. The molecule has 90 valence electrons. The molecule has 0 saturated carbocycles. The van der Waals surface area contributed by atoms with Gasteiger partial charge in [0.25, 0.3) is 0 Å². The Morgan fingerprint density at radius 2 is 1.87 bits per heavy atom. The normalized spacial score (nSPS) is 14.2. The highest BCUT2D eigenvalue weighted by atomic mass is 32.2. The van der Waals surface area contributed by atoms with Crippen LogP contribution in [0.25, 0.3) is 0 Å². The van der Waals surface area contributed by atoms with E-state index in [0.717, 1.165) is 0 Å². The Morgan fingerprint density at radius 1 is 1.40 bits per heavy atom. The van der Waals surface area contributed by atoms with E-state index >= 15 is 0 Å². The van der Waals surface area contributed by atoms with Crippen molar-refractivity contribution in [3.05, 3.63) is 0 Å². The van der Waals surface area contributed by atoms with Crippen molar-refractivity contribution >= 4 is 15.9 Å². The molecule has 0 aliphatic rings. The second kappa shape index (κ2) is 5.32. The molecule has 0 spiro atoms. The Morgan fingerprint density at radius 3 is 2.13 bits per heavy atom. The van der Waals surface area contributed by atoms with Gasteiger partial charge in [-0.15, -0.1) is 0 Å². The topological polar surface area (TPSA) is 105 Å². The average Bonchev–Trinajstić information content (AvgIpc) is 2.25. The molecule has 0 atom stereocenters. The fourth-order valence-electron chi connectivity index (χ4n) is 1.27. The summed E-state index contributed by atoms with van der Waals surface area (Å²) in [6, 6.07) is 0. The molecule has 0 aromatic rings. The first-order chi connectivity index (χ1) is 6.87. The molecule has 0 amide bonds. The molecular weight excluding hydrogens is 218 g/mol. The smallest absolute Gasteiger partial charge is 0.212 e. The number of hydrogen-bond acceptors (Lipinski definition) is 4. The van der Waals surface area contributed by atoms with Gasteiger partial charge in [-0.2, -0.15) is 0 Å². The van der Waals surface area contributed by atoms with E-state index in [4.69, 9.17) is 10.9 Å². The van der Waals surface area contributed by atoms with Gasteiger partial charge in [0.15, 0.2) is 5.84 Å². The highest BCUT2D eigenvalue weighted by molar-refractivity contribution is 7.89. The van der Waals surface area contributed by atoms with Gasteiger partial charge in [0.05, 0.1) is 11.3 Å². The van der Waals surface area contributed by atoms with Crippen molar-refractivity contribution in [2.75, 3.05) is 5.75 Å². The van der Waals surface area contributed by atoms with Crippen molar-refractivity contribution in [3.63, 3.8) is 0 Å². The Hall–Kier alpha value is -0.820. The second-order valence-electron chi connectivity index (χ2n) is 3.28. The summed E-state index contributed by atoms with van der Waals surface area (Å²) in [5.74, 6) is -0.141. The molecular formula is C8H19N3O3S. The molecule has 0 radical (unpaired) electrons. The average molecular weight is 237 g/mol. The highest BCUT2D eigenvalue weighted by Gasteiger charge is 2.35. The summed E-state index contributed by atoms with van der Waals surface area (Å²) in [5.41, 5.74) is 4.53. The fraction of sp³-hybridized carbons (Fsp3) is 0.875. The molecule has 4 N–H and O–H groups in total. The highest BCUT2D eigenvalue weighted by Crippen LogP contribution is 2.16. The Kier molecular flexibility index (Phi) is 5.02. The molecule has 0 unspecified atom stereocenters. The van der Waals surface area contributed by atoms with E-state index in [1.165, 1.54) is 6.92 Å². The van der Waals surface area contributed by atoms with Gasteiger partial charge in [-0.3, -0.25) is 0 Å². The molecule has 6 nitrogen and oxygen atoms in total. The summed E-state index contributed by atoms with van der Waals surface area (Å²) < 4.78 is 25.4. The van der Waals surface area contributed by atoms with Crippen molar-refractivity contribution in [2.45, 2.75) is 39.2 Å². The zero-order valence-corrected chi connectivity index (χ0v) is 10.1. The van der Waals surface area contributed by atoms with Crippen LogP contribution in [0.1, 0.15) is 33.6 Å². The van der Waals surface area contributed by atoms with Gasteiger partial charge in [-0.1, -0.05) is 19.0 Å². The van der Waals surface area contributed by atoms with E-state index in [0.29, 0.717) is 12.8 Å². The standard InChI is InChI=1S/C8H19N3O3S/c1-4-8(5-2,7(9)10-12)11-15(13,14)6-3/h11-12H,4-6H2,1-3H3,(H2,9,10). The summed E-state index contributed by atoms with van der Waals surface area (Å²) in [4.78, 5) is 0. The first-order valence-electron chi connectivity index (χ1n) is 4.87. The van der Waals surface area contributed by atoms with Crippen molar-refractivity contribution in [2.24, 2.45) is 10.9 Å². The number of nitrogens with one attached hydrogen (secondary N) is 1. The second-order valence-corrected chi connectivity index (χ2v) is 5.29. The van der Waals surface area contributed by atoms with E-state index in [2.05, 4.69) is 9.88 Å². The fourth-order valence-corrected chi connectivity index (χ4v) is 2.41. The zero-order valence-electron chi connectivity index (χ0n) is 9.32. The molecule has 0 heterocycles. The number of rotatable bonds is 6. The van der Waals surface area contributed by atoms with Crippen molar-refractivity contribution in [3.8, 4) is 0 Å². The molecule has 0 bridgehead atoms. The van der Waals surface area contributed by atoms with E-state index in [1.54, 1.807) is 13.8 Å². The molecule has 0 fully saturated rings. The molecule has 7 heteroatoms. The van der Waals surface area contributed by atoms with Crippen LogP contribution in [-0.2, 0) is 10.0 Å². The molecule has 0 aromatic carbocycles. The van der Waals surface area contributed by atoms with Crippen LogP contribution in [0, 0.1) is 0 Å². The molecule has 0 rings (SSSR count). The van der Waals surface area contributed by atoms with Gasteiger partial charge in [-0.25, -0.2) is 13.1 Å². The van der Waals surface area contributed by atoms with Crippen LogP contribution in [-0.4, -0.2) is 30.8 Å². The summed E-state index contributed by atoms with van der Waals surface area (Å²) in [6.07, 6.45) is 0.858. The summed E-state index contributed by atoms with van der Waals surface area (Å²) in [6.45, 7) is 5.09. The number of amidine groups is 1. The lowest BCUT2D eigenvalue weighted by Gasteiger charge is -2.30. The SMILES string of the molecule is CCC(CC)(NS(=O)(=O)CC)/C(N)=N/O. The van der Waals surface area contributed by atoms with E-state index in [9.17, 15) is 8.42 Å². The largest absolute Gasteiger partial charge is 0.409 e. The van der Waals surface area contributed by atoms with E-state index in [1.807, 2.05) is 0 Å².